The van der Waals surface area contributed by atoms with E-state index in [1.54, 1.807) is 24.3 Å². The third-order valence-electron chi connectivity index (χ3n) is 9.66. The van der Waals surface area contributed by atoms with Gasteiger partial charge < -0.3 is 0 Å². The number of carbonyl (C=O) groups excluding carboxylic acids is 4. The van der Waals surface area contributed by atoms with Crippen LogP contribution in [0.15, 0.2) is 109 Å². The fraction of sp³-hybridized carbons (Fsp3) is 0.235. The smallest absolute Gasteiger partial charge is 0.238 e. The average molecular weight is 527 g/mol. The number of amides is 4. The molecule has 9 rings (SSSR count). The number of anilines is 2. The molecule has 2 heterocycles. The molecular formula is C34H26N2O4. The van der Waals surface area contributed by atoms with E-state index in [9.17, 15) is 19.2 Å². The zero-order chi connectivity index (χ0) is 27.1. The molecule has 7 atom stereocenters. The Hall–Kier alpha value is -4.58. The summed E-state index contributed by atoms with van der Waals surface area (Å²) in [6, 6.07) is 28.2. The van der Waals surface area contributed by atoms with Gasteiger partial charge in [-0.3, -0.25) is 29.0 Å². The number of hydrogen-bond donors (Lipinski definition) is 0. The van der Waals surface area contributed by atoms with Crippen LogP contribution in [-0.2, 0) is 19.2 Å². The maximum Gasteiger partial charge on any atom is 0.238 e. The molecule has 2 saturated heterocycles. The van der Waals surface area contributed by atoms with Crippen molar-refractivity contribution in [1.29, 1.82) is 0 Å². The van der Waals surface area contributed by atoms with Gasteiger partial charge in [0.1, 0.15) is 0 Å². The molecule has 3 aromatic rings. The Bertz CT molecular complexity index is 1640. The second-order valence-electron chi connectivity index (χ2n) is 11.4. The van der Waals surface area contributed by atoms with E-state index in [1.807, 2.05) is 72.8 Å². The standard InChI is InChI=1S/C34H26N2O4/c37-31-25-18-24(19-10-4-1-5-11-19)26-22-16-17-23(27(26)30(25)34(40)35(31)20-12-6-2-7-13-20)29-28(22)32(38)36(33(29)39)21-14-8-3-9-15-21/h1-17,22-23,25,27-30H,18H2/t22-,23-,25-,27-,28-,29+,30+/m1/s1. The van der Waals surface area contributed by atoms with Crippen LogP contribution in [0.5, 0.6) is 0 Å². The summed E-state index contributed by atoms with van der Waals surface area (Å²) in [5.74, 6) is -3.88. The third-order valence-corrected chi connectivity index (χ3v) is 9.66. The van der Waals surface area contributed by atoms with Crippen molar-refractivity contribution < 1.29 is 19.2 Å². The van der Waals surface area contributed by atoms with Crippen molar-refractivity contribution in [3.63, 3.8) is 0 Å². The lowest BCUT2D eigenvalue weighted by Crippen LogP contribution is -2.51. The van der Waals surface area contributed by atoms with E-state index in [0.717, 1.165) is 16.7 Å². The van der Waals surface area contributed by atoms with Crippen LogP contribution in [0.1, 0.15) is 12.0 Å². The lowest BCUT2D eigenvalue weighted by atomic mass is 9.49. The molecule has 6 nitrogen and oxygen atoms in total. The van der Waals surface area contributed by atoms with Crippen LogP contribution in [-0.4, -0.2) is 23.6 Å². The Balaban J connectivity index is 1.30. The van der Waals surface area contributed by atoms with Gasteiger partial charge >= 0.3 is 0 Å². The van der Waals surface area contributed by atoms with Gasteiger partial charge in [0, 0.05) is 11.8 Å². The van der Waals surface area contributed by atoms with E-state index >= 15 is 0 Å². The number of allylic oxidation sites excluding steroid dienone is 4. The molecule has 4 aliphatic carbocycles. The molecule has 0 aromatic heterocycles. The minimum absolute atomic E-state index is 0.180. The predicted molar refractivity (Wildman–Crippen MR) is 149 cm³/mol. The molecule has 1 saturated carbocycles. The topological polar surface area (TPSA) is 74.8 Å². The van der Waals surface area contributed by atoms with Crippen LogP contribution in [0.25, 0.3) is 5.57 Å². The largest absolute Gasteiger partial charge is 0.274 e. The summed E-state index contributed by atoms with van der Waals surface area (Å²) in [5, 5.41) is 0. The maximum absolute atomic E-state index is 14.1. The van der Waals surface area contributed by atoms with E-state index in [0.29, 0.717) is 17.8 Å². The summed E-state index contributed by atoms with van der Waals surface area (Å²) in [6.07, 6.45) is 4.57. The Morgan fingerprint density at radius 3 is 1.68 bits per heavy atom. The number of hydrogen-bond acceptors (Lipinski definition) is 4. The summed E-state index contributed by atoms with van der Waals surface area (Å²) in [6.45, 7) is 0. The summed E-state index contributed by atoms with van der Waals surface area (Å²) in [4.78, 5) is 58.7. The van der Waals surface area contributed by atoms with Crippen molar-refractivity contribution >= 4 is 40.6 Å². The van der Waals surface area contributed by atoms with E-state index in [-0.39, 0.29) is 41.4 Å². The Kier molecular flexibility index (Phi) is 4.93. The first-order valence-corrected chi connectivity index (χ1v) is 13.9. The Labute approximate surface area is 231 Å². The van der Waals surface area contributed by atoms with Gasteiger partial charge in [-0.2, -0.15) is 0 Å². The number of imide groups is 2. The zero-order valence-electron chi connectivity index (χ0n) is 21.6. The minimum atomic E-state index is -0.567. The molecule has 3 fully saturated rings. The molecule has 0 radical (unpaired) electrons. The normalized spacial score (nSPS) is 32.0. The summed E-state index contributed by atoms with van der Waals surface area (Å²) >= 11 is 0. The van der Waals surface area contributed by atoms with Gasteiger partial charge in [0.05, 0.1) is 35.0 Å². The fourth-order valence-corrected chi connectivity index (χ4v) is 8.18. The lowest BCUT2D eigenvalue weighted by molar-refractivity contribution is -0.129. The average Bonchev–Trinajstić information content (AvgIpc) is 3.43. The SMILES string of the molecule is O=C1[C@@H]2[C@H]3C(=C(c4ccccc4)C[C@H]2C(=O)N1c1ccccc1)[C@H]1C=C[C@H]3[C@@H]2C(=O)N(c3ccccc3)C(=O)[C@@H]21. The number of fused-ring (bicyclic) bond motifs is 1. The Morgan fingerprint density at radius 2 is 1.05 bits per heavy atom. The van der Waals surface area contributed by atoms with Gasteiger partial charge in [0.25, 0.3) is 0 Å². The predicted octanol–water partition coefficient (Wildman–Crippen LogP) is 4.89. The van der Waals surface area contributed by atoms with Crippen LogP contribution >= 0.6 is 0 Å². The van der Waals surface area contributed by atoms with Gasteiger partial charge in [-0.15, -0.1) is 0 Å². The van der Waals surface area contributed by atoms with E-state index in [1.165, 1.54) is 9.80 Å². The number of benzene rings is 3. The highest BCUT2D eigenvalue weighted by atomic mass is 16.2. The van der Waals surface area contributed by atoms with Crippen LogP contribution in [0.4, 0.5) is 11.4 Å². The molecule has 6 heteroatoms. The van der Waals surface area contributed by atoms with Crippen LogP contribution in [0, 0.1) is 41.4 Å². The second-order valence-corrected chi connectivity index (χ2v) is 11.4. The molecule has 2 bridgehead atoms. The number of para-hydroxylation sites is 2. The molecule has 6 aliphatic rings. The van der Waals surface area contributed by atoms with Crippen molar-refractivity contribution in [1.82, 2.24) is 0 Å². The first-order chi connectivity index (χ1) is 19.6. The Morgan fingerprint density at radius 1 is 0.525 bits per heavy atom. The quantitative estimate of drug-likeness (QED) is 0.360. The maximum atomic E-state index is 14.1. The van der Waals surface area contributed by atoms with Gasteiger partial charge in [0.15, 0.2) is 0 Å². The summed E-state index contributed by atoms with van der Waals surface area (Å²) < 4.78 is 0. The van der Waals surface area contributed by atoms with Crippen molar-refractivity contribution in [3.8, 4) is 0 Å². The molecule has 4 amide bonds. The lowest BCUT2D eigenvalue weighted by Gasteiger charge is -2.51. The number of nitrogens with zero attached hydrogens (tertiary/aromatic N) is 2. The van der Waals surface area contributed by atoms with Gasteiger partial charge in [0.2, 0.25) is 23.6 Å². The molecule has 0 N–H and O–H groups in total. The van der Waals surface area contributed by atoms with Crippen LogP contribution < -0.4 is 9.80 Å². The molecular weight excluding hydrogens is 500 g/mol. The molecule has 2 aliphatic heterocycles. The van der Waals surface area contributed by atoms with Gasteiger partial charge in [-0.05, 0) is 47.7 Å². The van der Waals surface area contributed by atoms with Crippen molar-refractivity contribution in [2.45, 2.75) is 6.42 Å². The van der Waals surface area contributed by atoms with Crippen molar-refractivity contribution in [2.75, 3.05) is 9.80 Å². The molecule has 0 spiro atoms. The number of rotatable bonds is 3. The monoisotopic (exact) mass is 526 g/mol. The van der Waals surface area contributed by atoms with Crippen molar-refractivity contribution in [2.24, 2.45) is 41.4 Å². The molecule has 196 valence electrons. The first kappa shape index (κ1) is 23.3. The molecule has 40 heavy (non-hydrogen) atoms. The summed E-state index contributed by atoms with van der Waals surface area (Å²) in [7, 11) is 0. The highest BCUT2D eigenvalue weighted by Crippen LogP contribution is 2.63. The van der Waals surface area contributed by atoms with Gasteiger partial charge in [-0.1, -0.05) is 84.5 Å². The summed E-state index contributed by atoms with van der Waals surface area (Å²) in [5.41, 5.74) is 4.26. The van der Waals surface area contributed by atoms with E-state index in [4.69, 9.17) is 0 Å². The minimum Gasteiger partial charge on any atom is -0.274 e. The second kappa shape index (κ2) is 8.46. The highest BCUT2D eigenvalue weighted by molar-refractivity contribution is 6.24. The third kappa shape index (κ3) is 2.99. The van der Waals surface area contributed by atoms with Crippen LogP contribution in [0.3, 0.4) is 0 Å². The van der Waals surface area contributed by atoms with E-state index < -0.39 is 23.7 Å². The van der Waals surface area contributed by atoms with Gasteiger partial charge in [-0.25, -0.2) is 0 Å². The van der Waals surface area contributed by atoms with Crippen molar-refractivity contribution in [3.05, 3.63) is 114 Å². The van der Waals surface area contributed by atoms with E-state index in [2.05, 4.69) is 6.08 Å². The number of carbonyl (C=O) groups is 4. The van der Waals surface area contributed by atoms with Crippen LogP contribution in [0.2, 0.25) is 0 Å². The highest BCUT2D eigenvalue weighted by Gasteiger charge is 2.67. The zero-order valence-corrected chi connectivity index (χ0v) is 21.6. The first-order valence-electron chi connectivity index (χ1n) is 13.9. The fourth-order valence-electron chi connectivity index (χ4n) is 8.18. The molecule has 3 aromatic carbocycles. The molecule has 0 unspecified atom stereocenters.